The molecule has 0 aliphatic rings. The third kappa shape index (κ3) is 3.81. The Kier molecular flexibility index (Phi) is 5.28. The summed E-state index contributed by atoms with van der Waals surface area (Å²) in [4.78, 5) is 13.6. The second-order valence-electron chi connectivity index (χ2n) is 4.86. The molecule has 0 fully saturated rings. The van der Waals surface area contributed by atoms with Crippen molar-refractivity contribution in [1.82, 2.24) is 4.90 Å². The van der Waals surface area contributed by atoms with Crippen LogP contribution in [0.2, 0.25) is 0 Å². The van der Waals surface area contributed by atoms with Crippen molar-refractivity contribution in [2.45, 2.75) is 20.4 Å². The number of rotatable bonds is 5. The summed E-state index contributed by atoms with van der Waals surface area (Å²) >= 11 is 0. The Hall–Kier alpha value is -1.42. The van der Waals surface area contributed by atoms with Gasteiger partial charge in [0.25, 0.3) is 0 Å². The van der Waals surface area contributed by atoms with E-state index < -0.39 is 5.92 Å². The van der Waals surface area contributed by atoms with E-state index in [4.69, 9.17) is 0 Å². The van der Waals surface area contributed by atoms with Gasteiger partial charge in [-0.05, 0) is 23.6 Å². The van der Waals surface area contributed by atoms with Crippen LogP contribution < -0.4 is 0 Å². The van der Waals surface area contributed by atoms with Gasteiger partial charge in [-0.15, -0.1) is 0 Å². The Bertz CT molecular complexity index is 407. The number of aliphatic hydroxyl groups is 1. The molecule has 0 heterocycles. The van der Waals surface area contributed by atoms with E-state index in [9.17, 15) is 14.3 Å². The molecule has 0 spiro atoms. The highest BCUT2D eigenvalue weighted by Gasteiger charge is 2.24. The van der Waals surface area contributed by atoms with Crippen molar-refractivity contribution in [2.75, 3.05) is 13.7 Å². The molecular formula is C14H20FNO2. The minimum absolute atomic E-state index is 0.0810. The minimum Gasteiger partial charge on any atom is -0.396 e. The fourth-order valence-electron chi connectivity index (χ4n) is 1.84. The maximum absolute atomic E-state index is 13.0. The zero-order valence-electron chi connectivity index (χ0n) is 11.1. The Labute approximate surface area is 107 Å². The van der Waals surface area contributed by atoms with Gasteiger partial charge >= 0.3 is 0 Å². The van der Waals surface area contributed by atoms with E-state index in [1.807, 2.05) is 13.8 Å². The first-order valence-corrected chi connectivity index (χ1v) is 6.06. The van der Waals surface area contributed by atoms with Gasteiger partial charge in [0, 0.05) is 13.6 Å². The van der Waals surface area contributed by atoms with Crippen molar-refractivity contribution in [3.8, 4) is 0 Å². The third-order valence-corrected chi connectivity index (χ3v) is 3.00. The highest BCUT2D eigenvalue weighted by atomic mass is 19.1. The fourth-order valence-corrected chi connectivity index (χ4v) is 1.84. The van der Waals surface area contributed by atoms with Crippen LogP contribution in [0.4, 0.5) is 4.39 Å². The summed E-state index contributed by atoms with van der Waals surface area (Å²) in [5.74, 6) is -0.742. The van der Waals surface area contributed by atoms with Crippen molar-refractivity contribution in [2.24, 2.45) is 11.8 Å². The van der Waals surface area contributed by atoms with Gasteiger partial charge in [-0.2, -0.15) is 0 Å². The molecule has 100 valence electrons. The molecule has 0 bridgehead atoms. The average molecular weight is 253 g/mol. The van der Waals surface area contributed by atoms with Crippen LogP contribution in [0.3, 0.4) is 0 Å². The van der Waals surface area contributed by atoms with Crippen LogP contribution in [0.1, 0.15) is 19.4 Å². The van der Waals surface area contributed by atoms with Crippen LogP contribution in [-0.2, 0) is 11.3 Å². The third-order valence-electron chi connectivity index (χ3n) is 3.00. The first kappa shape index (κ1) is 14.6. The molecule has 18 heavy (non-hydrogen) atoms. The molecule has 4 heteroatoms. The number of amides is 1. The van der Waals surface area contributed by atoms with E-state index in [1.165, 1.54) is 17.0 Å². The predicted molar refractivity (Wildman–Crippen MR) is 68.3 cm³/mol. The lowest BCUT2D eigenvalue weighted by molar-refractivity contribution is -0.137. The topological polar surface area (TPSA) is 40.5 Å². The number of hydrogen-bond acceptors (Lipinski definition) is 2. The molecule has 1 N–H and O–H groups in total. The highest BCUT2D eigenvalue weighted by Crippen LogP contribution is 2.15. The van der Waals surface area contributed by atoms with Gasteiger partial charge in [0.15, 0.2) is 0 Å². The molecule has 0 radical (unpaired) electrons. The van der Waals surface area contributed by atoms with Crippen molar-refractivity contribution in [3.05, 3.63) is 35.6 Å². The summed E-state index contributed by atoms with van der Waals surface area (Å²) < 4.78 is 13.0. The largest absolute Gasteiger partial charge is 0.396 e. The van der Waals surface area contributed by atoms with Gasteiger partial charge in [0.1, 0.15) is 5.82 Å². The summed E-state index contributed by atoms with van der Waals surface area (Å²) in [6.45, 7) is 3.98. The molecule has 0 aliphatic heterocycles. The lowest BCUT2D eigenvalue weighted by atomic mass is 9.95. The number of halogens is 1. The van der Waals surface area contributed by atoms with Gasteiger partial charge in [0.2, 0.25) is 5.91 Å². The summed E-state index contributed by atoms with van der Waals surface area (Å²) in [5, 5.41) is 9.22. The number of aliphatic hydroxyl groups excluding tert-OH is 1. The summed E-state index contributed by atoms with van der Waals surface area (Å²) in [5.41, 5.74) is 0.742. The predicted octanol–water partition coefficient (Wildman–Crippen LogP) is 2.05. The second-order valence-corrected chi connectivity index (χ2v) is 4.86. The lowest BCUT2D eigenvalue weighted by Gasteiger charge is -2.25. The second kappa shape index (κ2) is 6.50. The van der Waals surface area contributed by atoms with Crippen LogP contribution >= 0.6 is 0 Å². The van der Waals surface area contributed by atoms with E-state index in [-0.39, 0.29) is 24.2 Å². The molecule has 1 aromatic carbocycles. The summed E-state index contributed by atoms with van der Waals surface area (Å²) in [6, 6.07) is 6.17. The van der Waals surface area contributed by atoms with Crippen molar-refractivity contribution >= 4 is 5.91 Å². The molecule has 0 saturated heterocycles. The van der Waals surface area contributed by atoms with E-state index in [1.54, 1.807) is 19.2 Å². The van der Waals surface area contributed by atoms with Gasteiger partial charge in [-0.25, -0.2) is 4.39 Å². The molecule has 3 nitrogen and oxygen atoms in total. The lowest BCUT2D eigenvalue weighted by Crippen LogP contribution is -2.36. The molecule has 0 aromatic heterocycles. The molecule has 1 unspecified atom stereocenters. The number of carbonyl (C=O) groups excluding carboxylic acids is 1. The van der Waals surface area contributed by atoms with E-state index >= 15 is 0 Å². The van der Waals surface area contributed by atoms with Crippen LogP contribution in [0.15, 0.2) is 24.3 Å². The fraction of sp³-hybridized carbons (Fsp3) is 0.500. The smallest absolute Gasteiger partial charge is 0.228 e. The summed E-state index contributed by atoms with van der Waals surface area (Å²) in [7, 11) is 1.66. The molecule has 0 saturated carbocycles. The van der Waals surface area contributed by atoms with Crippen LogP contribution in [0, 0.1) is 17.7 Å². The van der Waals surface area contributed by atoms with E-state index in [0.717, 1.165) is 5.56 Å². The Balaban J connectivity index is 2.70. The number of hydrogen-bond donors (Lipinski definition) is 1. The first-order valence-electron chi connectivity index (χ1n) is 6.06. The molecule has 1 atom stereocenters. The molecule has 0 aliphatic carbocycles. The van der Waals surface area contributed by atoms with Gasteiger partial charge < -0.3 is 10.0 Å². The van der Waals surface area contributed by atoms with Crippen LogP contribution in [-0.4, -0.2) is 29.6 Å². The Morgan fingerprint density at radius 2 is 2.11 bits per heavy atom. The average Bonchev–Trinajstić information content (AvgIpc) is 2.29. The SMILES string of the molecule is CC(C)C(CO)C(=O)N(C)Cc1cccc(F)c1. The normalized spacial score (nSPS) is 12.6. The van der Waals surface area contributed by atoms with Gasteiger partial charge in [0.05, 0.1) is 12.5 Å². The monoisotopic (exact) mass is 253 g/mol. The highest BCUT2D eigenvalue weighted by molar-refractivity contribution is 5.78. The summed E-state index contributed by atoms with van der Waals surface area (Å²) in [6.07, 6.45) is 0. The van der Waals surface area contributed by atoms with Crippen molar-refractivity contribution < 1.29 is 14.3 Å². The van der Waals surface area contributed by atoms with E-state index in [0.29, 0.717) is 6.54 Å². The molecular weight excluding hydrogens is 233 g/mol. The molecule has 1 amide bonds. The standard InChI is InChI=1S/C14H20FNO2/c1-10(2)13(9-17)14(18)16(3)8-11-5-4-6-12(15)7-11/h4-7,10,13,17H,8-9H2,1-3H3. The minimum atomic E-state index is -0.399. The van der Waals surface area contributed by atoms with Crippen molar-refractivity contribution in [1.29, 1.82) is 0 Å². The van der Waals surface area contributed by atoms with Gasteiger partial charge in [-0.1, -0.05) is 26.0 Å². The molecule has 1 rings (SSSR count). The van der Waals surface area contributed by atoms with Crippen LogP contribution in [0.25, 0.3) is 0 Å². The van der Waals surface area contributed by atoms with Crippen LogP contribution in [0.5, 0.6) is 0 Å². The Morgan fingerprint density at radius 1 is 1.44 bits per heavy atom. The first-order chi connectivity index (χ1) is 8.45. The van der Waals surface area contributed by atoms with Gasteiger partial charge in [-0.3, -0.25) is 4.79 Å². The van der Waals surface area contributed by atoms with Crippen molar-refractivity contribution in [3.63, 3.8) is 0 Å². The quantitative estimate of drug-likeness (QED) is 0.872. The maximum atomic E-state index is 13.0. The maximum Gasteiger partial charge on any atom is 0.228 e. The zero-order valence-corrected chi connectivity index (χ0v) is 11.1. The Morgan fingerprint density at radius 3 is 2.61 bits per heavy atom. The number of nitrogens with zero attached hydrogens (tertiary/aromatic N) is 1. The number of carbonyl (C=O) groups is 1. The number of benzene rings is 1. The molecule has 1 aromatic rings. The van der Waals surface area contributed by atoms with E-state index in [2.05, 4.69) is 0 Å². The zero-order chi connectivity index (χ0) is 13.7.